The average molecular weight is 571 g/mol. The number of amides is 1. The van der Waals surface area contributed by atoms with Gasteiger partial charge >= 0.3 is 12.7 Å². The van der Waals surface area contributed by atoms with Gasteiger partial charge in [0.1, 0.15) is 17.2 Å². The van der Waals surface area contributed by atoms with E-state index in [2.05, 4.69) is 4.98 Å². The van der Waals surface area contributed by atoms with E-state index in [9.17, 15) is 22.0 Å². The largest absolute Gasteiger partial charge is 0.444 e. The number of benzene rings is 2. The summed E-state index contributed by atoms with van der Waals surface area (Å²) in [6.45, 7) is 2.56. The molecule has 0 N–H and O–H groups in total. The van der Waals surface area contributed by atoms with E-state index >= 15 is 0 Å². The van der Waals surface area contributed by atoms with Gasteiger partial charge in [0.2, 0.25) is 0 Å². The highest BCUT2D eigenvalue weighted by Crippen LogP contribution is 2.38. The van der Waals surface area contributed by atoms with Gasteiger partial charge in [0, 0.05) is 30.1 Å². The van der Waals surface area contributed by atoms with Crippen molar-refractivity contribution in [3.8, 4) is 16.9 Å². The number of nitrogens with zero attached hydrogens (tertiary/aromatic N) is 4. The molecule has 0 fully saturated rings. The highest BCUT2D eigenvalue weighted by molar-refractivity contribution is 7.90. The first-order chi connectivity index (χ1) is 18.8. The Balaban J connectivity index is 1.64. The topological polar surface area (TPSA) is 104 Å². The van der Waals surface area contributed by atoms with Gasteiger partial charge in [-0.3, -0.25) is 4.90 Å². The summed E-state index contributed by atoms with van der Waals surface area (Å²) in [5, 5.41) is -0.0306. The number of pyridine rings is 1. The lowest BCUT2D eigenvalue weighted by atomic mass is 10.0. The molecule has 0 bridgehead atoms. The first-order valence-electron chi connectivity index (χ1n) is 12.5. The van der Waals surface area contributed by atoms with Gasteiger partial charge in [-0.05, 0) is 56.7 Å². The van der Waals surface area contributed by atoms with Gasteiger partial charge in [-0.25, -0.2) is 23.2 Å². The van der Waals surface area contributed by atoms with Crippen LogP contribution in [0, 0.1) is 0 Å². The number of fused-ring (bicyclic) bond motifs is 3. The van der Waals surface area contributed by atoms with E-state index in [4.69, 9.17) is 14.5 Å². The van der Waals surface area contributed by atoms with E-state index in [1.807, 2.05) is 22.8 Å². The van der Waals surface area contributed by atoms with Crippen LogP contribution in [-0.4, -0.2) is 59.0 Å². The zero-order valence-electron chi connectivity index (χ0n) is 22.3. The summed E-state index contributed by atoms with van der Waals surface area (Å²) < 4.78 is 62.7. The Morgan fingerprint density at radius 2 is 1.80 bits per heavy atom. The predicted octanol–water partition coefficient (Wildman–Crippen LogP) is 5.44. The SMILES string of the molecule is CC(C)(C)OC(=O)N1Cc2nc3ccc(-c4ccc(S(C)(=O)=O)nc4)cc3n2[C@@H](c2ccccc2OC(F)F)C1. The molecule has 0 unspecified atom stereocenters. The van der Waals surface area contributed by atoms with E-state index in [-0.39, 0.29) is 23.9 Å². The smallest absolute Gasteiger partial charge is 0.410 e. The van der Waals surface area contributed by atoms with Crippen LogP contribution in [0.5, 0.6) is 5.75 Å². The Bertz CT molecular complexity index is 1680. The van der Waals surface area contributed by atoms with Crippen LogP contribution in [0.15, 0.2) is 65.8 Å². The molecule has 2 aromatic carbocycles. The van der Waals surface area contributed by atoms with Crippen molar-refractivity contribution in [2.24, 2.45) is 0 Å². The van der Waals surface area contributed by atoms with Gasteiger partial charge in [0.25, 0.3) is 0 Å². The first-order valence-corrected chi connectivity index (χ1v) is 14.4. The van der Waals surface area contributed by atoms with Crippen LogP contribution in [0.1, 0.15) is 38.2 Å². The lowest BCUT2D eigenvalue weighted by Crippen LogP contribution is -2.44. The molecule has 1 aliphatic rings. The second-order valence-corrected chi connectivity index (χ2v) is 12.5. The number of sulfone groups is 1. The Morgan fingerprint density at radius 1 is 1.07 bits per heavy atom. The molecule has 1 aliphatic heterocycles. The third kappa shape index (κ3) is 5.62. The van der Waals surface area contributed by atoms with Crippen molar-refractivity contribution in [2.45, 2.75) is 50.6 Å². The lowest BCUT2D eigenvalue weighted by molar-refractivity contribution is -0.0509. The number of imidazole rings is 1. The molecule has 2 aromatic heterocycles. The van der Waals surface area contributed by atoms with E-state index in [0.717, 1.165) is 11.8 Å². The lowest BCUT2D eigenvalue weighted by Gasteiger charge is -2.36. The summed E-state index contributed by atoms with van der Waals surface area (Å²) in [4.78, 5) is 23.4. The van der Waals surface area contributed by atoms with Gasteiger partial charge in [-0.2, -0.15) is 8.78 Å². The highest BCUT2D eigenvalue weighted by Gasteiger charge is 2.35. The van der Waals surface area contributed by atoms with Crippen LogP contribution in [0.3, 0.4) is 0 Å². The van der Waals surface area contributed by atoms with E-state index in [1.54, 1.807) is 45.0 Å². The second-order valence-electron chi connectivity index (χ2n) is 10.6. The maximum atomic E-state index is 13.3. The molecule has 3 heterocycles. The number of hydrogen-bond acceptors (Lipinski definition) is 7. The fourth-order valence-corrected chi connectivity index (χ4v) is 5.30. The van der Waals surface area contributed by atoms with Crippen molar-refractivity contribution in [2.75, 3.05) is 12.8 Å². The molecule has 1 atom stereocenters. The van der Waals surface area contributed by atoms with Gasteiger partial charge in [-0.1, -0.05) is 24.3 Å². The van der Waals surface area contributed by atoms with Crippen LogP contribution in [0.25, 0.3) is 22.2 Å². The normalized spacial score (nSPS) is 15.8. The average Bonchev–Trinajstić information content (AvgIpc) is 3.24. The molecule has 5 rings (SSSR count). The molecule has 1 amide bonds. The van der Waals surface area contributed by atoms with Crippen LogP contribution >= 0.6 is 0 Å². The second kappa shape index (κ2) is 10.2. The van der Waals surface area contributed by atoms with Gasteiger partial charge in [-0.15, -0.1) is 0 Å². The zero-order chi connectivity index (χ0) is 28.8. The summed E-state index contributed by atoms with van der Waals surface area (Å²) in [7, 11) is -3.45. The number of halogens is 2. The van der Waals surface area contributed by atoms with Gasteiger partial charge in [0.15, 0.2) is 14.9 Å². The molecule has 0 radical (unpaired) electrons. The van der Waals surface area contributed by atoms with Crippen molar-refractivity contribution in [3.05, 3.63) is 72.2 Å². The minimum atomic E-state index is -3.45. The molecule has 4 aromatic rings. The molecule has 210 valence electrons. The van der Waals surface area contributed by atoms with Crippen molar-refractivity contribution >= 4 is 27.0 Å². The van der Waals surface area contributed by atoms with E-state index in [0.29, 0.717) is 28.0 Å². The molecule has 9 nitrogen and oxygen atoms in total. The first kappa shape index (κ1) is 27.5. The molecule has 0 spiro atoms. The van der Waals surface area contributed by atoms with Crippen molar-refractivity contribution in [3.63, 3.8) is 0 Å². The van der Waals surface area contributed by atoms with Crippen molar-refractivity contribution in [1.82, 2.24) is 19.4 Å². The number of aromatic nitrogens is 3. The molecular weight excluding hydrogens is 542 g/mol. The number of carbonyl (C=O) groups excluding carboxylic acids is 1. The van der Waals surface area contributed by atoms with Gasteiger partial charge < -0.3 is 14.0 Å². The fraction of sp³-hybridized carbons (Fsp3) is 0.321. The third-order valence-electron chi connectivity index (χ3n) is 6.40. The van der Waals surface area contributed by atoms with Crippen LogP contribution in [-0.2, 0) is 21.1 Å². The Morgan fingerprint density at radius 3 is 2.45 bits per heavy atom. The quantitative estimate of drug-likeness (QED) is 0.315. The molecule has 12 heteroatoms. The van der Waals surface area contributed by atoms with Crippen molar-refractivity contribution in [1.29, 1.82) is 0 Å². The van der Waals surface area contributed by atoms with Crippen LogP contribution in [0.2, 0.25) is 0 Å². The number of alkyl halides is 2. The highest BCUT2D eigenvalue weighted by atomic mass is 32.2. The molecule has 40 heavy (non-hydrogen) atoms. The minimum Gasteiger partial charge on any atom is -0.444 e. The van der Waals surface area contributed by atoms with E-state index in [1.165, 1.54) is 23.2 Å². The summed E-state index contributed by atoms with van der Waals surface area (Å²) in [6.07, 6.45) is 2.04. The predicted molar refractivity (Wildman–Crippen MR) is 144 cm³/mol. The van der Waals surface area contributed by atoms with Crippen LogP contribution < -0.4 is 4.74 Å². The molecule has 0 saturated heterocycles. The molecule has 0 aliphatic carbocycles. The number of hydrogen-bond donors (Lipinski definition) is 0. The Labute approximate surface area is 230 Å². The Kier molecular flexibility index (Phi) is 6.99. The fourth-order valence-electron chi connectivity index (χ4n) is 4.74. The van der Waals surface area contributed by atoms with Crippen molar-refractivity contribution < 1.29 is 31.5 Å². The molecular formula is C28H28F2N4O5S. The maximum absolute atomic E-state index is 13.3. The summed E-state index contributed by atoms with van der Waals surface area (Å²) in [5.74, 6) is 0.546. The third-order valence-corrected chi connectivity index (χ3v) is 7.40. The summed E-state index contributed by atoms with van der Waals surface area (Å²) in [6, 6.07) is 14.5. The molecule has 0 saturated carbocycles. The monoisotopic (exact) mass is 570 g/mol. The van der Waals surface area contributed by atoms with Crippen LogP contribution in [0.4, 0.5) is 13.6 Å². The number of para-hydroxylation sites is 1. The Hall–Kier alpha value is -4.06. The standard InChI is InChI=1S/C28H28F2N4O5S/c1-28(2,3)39-27(35)33-15-22(19-7-5-6-8-23(19)38-26(29)30)34-21-13-17(9-11-20(21)32-24(34)16-33)18-10-12-25(31-14-18)40(4,36)37/h5-14,22,26H,15-16H2,1-4H3/t22-/m1/s1. The number of carbonyl (C=O) groups is 1. The maximum Gasteiger partial charge on any atom is 0.410 e. The van der Waals surface area contributed by atoms with E-state index < -0.39 is 34.2 Å². The summed E-state index contributed by atoms with van der Waals surface area (Å²) >= 11 is 0. The zero-order valence-corrected chi connectivity index (χ0v) is 23.2. The number of ether oxygens (including phenoxy) is 2. The van der Waals surface area contributed by atoms with Gasteiger partial charge in [0.05, 0.1) is 23.6 Å². The number of rotatable bonds is 5. The summed E-state index contributed by atoms with van der Waals surface area (Å²) in [5.41, 5.74) is 2.53. The minimum absolute atomic E-state index is 0.00180.